The zero-order chi connectivity index (χ0) is 9.68. The second kappa shape index (κ2) is 5.58. The van der Waals surface area contributed by atoms with Crippen LogP contribution in [-0.2, 0) is 4.74 Å². The van der Waals surface area contributed by atoms with Crippen molar-refractivity contribution in [1.82, 2.24) is 4.90 Å². The van der Waals surface area contributed by atoms with Crippen LogP contribution in [0.2, 0.25) is 0 Å². The maximum atomic E-state index is 9.01. The molecule has 13 heavy (non-hydrogen) atoms. The predicted octanol–water partition coefficient (Wildman–Crippen LogP) is 0.726. The van der Waals surface area contributed by atoms with Gasteiger partial charge >= 0.3 is 0 Å². The highest BCUT2D eigenvalue weighted by Gasteiger charge is 2.23. The zero-order valence-corrected chi connectivity index (χ0v) is 8.70. The van der Waals surface area contributed by atoms with Gasteiger partial charge in [0.15, 0.2) is 0 Å². The second-order valence-electron chi connectivity index (χ2n) is 4.21. The molecular weight excluding hydrogens is 166 g/mol. The lowest BCUT2D eigenvalue weighted by atomic mass is 10.1. The van der Waals surface area contributed by atoms with Crippen LogP contribution in [0.15, 0.2) is 0 Å². The molecule has 1 rings (SSSR count). The van der Waals surface area contributed by atoms with Gasteiger partial charge in [-0.15, -0.1) is 0 Å². The van der Waals surface area contributed by atoms with Crippen molar-refractivity contribution in [3.05, 3.63) is 0 Å². The third-order valence-electron chi connectivity index (χ3n) is 2.33. The van der Waals surface area contributed by atoms with Gasteiger partial charge in [0.2, 0.25) is 0 Å². The summed E-state index contributed by atoms with van der Waals surface area (Å²) in [5, 5.41) is 9.01. The molecule has 1 N–H and O–H groups in total. The highest BCUT2D eigenvalue weighted by atomic mass is 16.5. The number of hydrogen-bond acceptors (Lipinski definition) is 3. The van der Waals surface area contributed by atoms with Crippen molar-refractivity contribution < 1.29 is 9.84 Å². The molecule has 1 aliphatic heterocycles. The fraction of sp³-hybridized carbons (Fsp3) is 1.00. The first kappa shape index (κ1) is 11.0. The minimum atomic E-state index is -0.0873. The summed E-state index contributed by atoms with van der Waals surface area (Å²) in [4.78, 5) is 2.21. The monoisotopic (exact) mass is 187 g/mol. The number of ether oxygens (including phenoxy) is 1. The summed E-state index contributed by atoms with van der Waals surface area (Å²) < 4.78 is 5.46. The molecule has 0 saturated carbocycles. The fourth-order valence-electron chi connectivity index (χ4n) is 1.34. The highest BCUT2D eigenvalue weighted by Crippen LogP contribution is 2.06. The van der Waals surface area contributed by atoms with Gasteiger partial charge in [-0.3, -0.25) is 4.90 Å². The number of aliphatic hydroxyl groups is 1. The summed E-state index contributed by atoms with van der Waals surface area (Å²) in [5.41, 5.74) is 0. The molecule has 0 amide bonds. The predicted molar refractivity (Wildman–Crippen MR) is 52.7 cm³/mol. The summed E-state index contributed by atoms with van der Waals surface area (Å²) in [6, 6.07) is 0. The molecule has 78 valence electrons. The molecule has 1 saturated heterocycles. The third kappa shape index (κ3) is 4.60. The Morgan fingerprint density at radius 1 is 1.38 bits per heavy atom. The Hall–Kier alpha value is -0.120. The average molecular weight is 187 g/mol. The average Bonchev–Trinajstić information content (AvgIpc) is 1.99. The molecule has 3 heteroatoms. The molecule has 1 fully saturated rings. The molecule has 0 atom stereocenters. The van der Waals surface area contributed by atoms with Gasteiger partial charge in [0.1, 0.15) is 0 Å². The van der Waals surface area contributed by atoms with E-state index < -0.39 is 0 Å². The van der Waals surface area contributed by atoms with Gasteiger partial charge in [0.25, 0.3) is 0 Å². The molecule has 0 aliphatic carbocycles. The van der Waals surface area contributed by atoms with Gasteiger partial charge in [-0.05, 0) is 12.3 Å². The first-order valence-electron chi connectivity index (χ1n) is 5.16. The van der Waals surface area contributed by atoms with Crippen LogP contribution in [0.1, 0.15) is 20.3 Å². The lowest BCUT2D eigenvalue weighted by molar-refractivity contribution is -0.0151. The van der Waals surface area contributed by atoms with Crippen LogP contribution in [0.3, 0.4) is 0 Å². The summed E-state index contributed by atoms with van der Waals surface area (Å²) in [7, 11) is 0. The summed E-state index contributed by atoms with van der Waals surface area (Å²) in [6.07, 6.45) is 1.05. The summed E-state index contributed by atoms with van der Waals surface area (Å²) >= 11 is 0. The molecule has 3 nitrogen and oxygen atoms in total. The SMILES string of the molecule is CC(C)CCOCCN1CC(O)C1. The minimum absolute atomic E-state index is 0.0873. The van der Waals surface area contributed by atoms with Crippen LogP contribution < -0.4 is 0 Å². The molecule has 0 radical (unpaired) electrons. The van der Waals surface area contributed by atoms with Gasteiger partial charge < -0.3 is 9.84 Å². The van der Waals surface area contributed by atoms with Crippen molar-refractivity contribution in [2.75, 3.05) is 32.8 Å². The lowest BCUT2D eigenvalue weighted by Crippen LogP contribution is -2.51. The molecule has 0 spiro atoms. The Morgan fingerprint density at radius 3 is 2.62 bits per heavy atom. The van der Waals surface area contributed by atoms with Crippen LogP contribution in [-0.4, -0.2) is 49.0 Å². The normalized spacial score (nSPS) is 19.4. The van der Waals surface area contributed by atoms with Crippen LogP contribution in [0.25, 0.3) is 0 Å². The third-order valence-corrected chi connectivity index (χ3v) is 2.33. The first-order valence-corrected chi connectivity index (χ1v) is 5.16. The molecule has 0 aromatic heterocycles. The van der Waals surface area contributed by atoms with E-state index in [0.29, 0.717) is 0 Å². The second-order valence-corrected chi connectivity index (χ2v) is 4.21. The molecule has 0 aromatic rings. The van der Waals surface area contributed by atoms with E-state index in [1.165, 1.54) is 0 Å². The van der Waals surface area contributed by atoms with Crippen molar-refractivity contribution in [3.8, 4) is 0 Å². The van der Waals surface area contributed by atoms with Gasteiger partial charge in [0.05, 0.1) is 12.7 Å². The Kier molecular flexibility index (Phi) is 4.70. The van der Waals surface area contributed by atoms with Crippen molar-refractivity contribution in [2.24, 2.45) is 5.92 Å². The number of likely N-dealkylation sites (tertiary alicyclic amines) is 1. The Bertz CT molecular complexity index is 133. The van der Waals surface area contributed by atoms with Crippen molar-refractivity contribution in [3.63, 3.8) is 0 Å². The van der Waals surface area contributed by atoms with Crippen LogP contribution in [0.4, 0.5) is 0 Å². The van der Waals surface area contributed by atoms with E-state index in [4.69, 9.17) is 9.84 Å². The molecule has 1 heterocycles. The zero-order valence-electron chi connectivity index (χ0n) is 8.70. The molecule has 1 aliphatic rings. The largest absolute Gasteiger partial charge is 0.390 e. The first-order chi connectivity index (χ1) is 6.18. The van der Waals surface area contributed by atoms with Gasteiger partial charge in [-0.2, -0.15) is 0 Å². The van der Waals surface area contributed by atoms with Crippen LogP contribution in [0.5, 0.6) is 0 Å². The topological polar surface area (TPSA) is 32.7 Å². The lowest BCUT2D eigenvalue weighted by Gasteiger charge is -2.35. The molecular formula is C10H21NO2. The van der Waals surface area contributed by atoms with Gasteiger partial charge in [-0.1, -0.05) is 13.8 Å². The van der Waals surface area contributed by atoms with E-state index in [0.717, 1.165) is 45.2 Å². The van der Waals surface area contributed by atoms with Gasteiger partial charge in [0, 0.05) is 26.2 Å². The summed E-state index contributed by atoms with van der Waals surface area (Å²) in [5.74, 6) is 0.728. The van der Waals surface area contributed by atoms with E-state index in [1.54, 1.807) is 0 Å². The van der Waals surface area contributed by atoms with Crippen LogP contribution in [0, 0.1) is 5.92 Å². The number of nitrogens with zero attached hydrogens (tertiary/aromatic N) is 1. The van der Waals surface area contributed by atoms with E-state index in [2.05, 4.69) is 18.7 Å². The van der Waals surface area contributed by atoms with Gasteiger partial charge in [-0.25, -0.2) is 0 Å². The van der Waals surface area contributed by atoms with Crippen molar-refractivity contribution in [1.29, 1.82) is 0 Å². The number of aliphatic hydroxyl groups excluding tert-OH is 1. The van der Waals surface area contributed by atoms with Crippen LogP contribution >= 0.6 is 0 Å². The highest BCUT2D eigenvalue weighted by molar-refractivity contribution is 4.77. The summed E-state index contributed by atoms with van der Waals surface area (Å²) in [6.45, 7) is 8.70. The maximum absolute atomic E-state index is 9.01. The Morgan fingerprint density at radius 2 is 2.08 bits per heavy atom. The molecule has 0 bridgehead atoms. The smallest absolute Gasteiger partial charge is 0.0793 e. The number of rotatable bonds is 6. The molecule has 0 unspecified atom stereocenters. The van der Waals surface area contributed by atoms with E-state index >= 15 is 0 Å². The van der Waals surface area contributed by atoms with E-state index in [1.807, 2.05) is 0 Å². The minimum Gasteiger partial charge on any atom is -0.390 e. The van der Waals surface area contributed by atoms with E-state index in [-0.39, 0.29) is 6.10 Å². The molecule has 0 aromatic carbocycles. The number of β-amino-alcohol motifs (C(OH)–C–C–N with tert-alkyl or cyclic N) is 1. The standard InChI is InChI=1S/C10H21NO2/c1-9(2)3-5-13-6-4-11-7-10(12)8-11/h9-10,12H,3-8H2,1-2H3. The Balaban J connectivity index is 1.79. The van der Waals surface area contributed by atoms with Crippen molar-refractivity contribution >= 4 is 0 Å². The Labute approximate surface area is 80.7 Å². The number of hydrogen-bond donors (Lipinski definition) is 1. The quantitative estimate of drug-likeness (QED) is 0.622. The van der Waals surface area contributed by atoms with Crippen molar-refractivity contribution in [2.45, 2.75) is 26.4 Å². The maximum Gasteiger partial charge on any atom is 0.0793 e. The fourth-order valence-corrected chi connectivity index (χ4v) is 1.34. The van der Waals surface area contributed by atoms with E-state index in [9.17, 15) is 0 Å².